The second-order valence-corrected chi connectivity index (χ2v) is 7.63. The number of hydrogen-bond acceptors (Lipinski definition) is 6. The van der Waals surface area contributed by atoms with Crippen LogP contribution in [0.2, 0.25) is 0 Å². The average Bonchev–Trinajstić information content (AvgIpc) is 3.35. The molecule has 0 bridgehead atoms. The van der Waals surface area contributed by atoms with Gasteiger partial charge in [-0.2, -0.15) is 13.2 Å². The van der Waals surface area contributed by atoms with Crippen LogP contribution in [0.1, 0.15) is 6.92 Å². The molecule has 2 amide bonds. The number of hydrogen-bond donors (Lipinski definition) is 2. The fraction of sp³-hybridized carbons (Fsp3) is 0.286. The molecular formula is C21H18F4N6O3. The molecule has 0 radical (unpaired) electrons. The lowest BCUT2D eigenvalue weighted by molar-refractivity contribution is -0.153. The third kappa shape index (κ3) is 5.13. The number of anilines is 1. The number of carbonyl (C=O) groups excluding carboxylic acids is 2. The van der Waals surface area contributed by atoms with Crippen molar-refractivity contribution < 1.29 is 31.9 Å². The van der Waals surface area contributed by atoms with Gasteiger partial charge in [0.15, 0.2) is 12.4 Å². The Labute approximate surface area is 190 Å². The van der Waals surface area contributed by atoms with E-state index in [1.54, 1.807) is 6.92 Å². The Kier molecular flexibility index (Phi) is 6.18. The van der Waals surface area contributed by atoms with Crippen LogP contribution in [-0.4, -0.2) is 50.9 Å². The summed E-state index contributed by atoms with van der Waals surface area (Å²) >= 11 is 0. The highest BCUT2D eigenvalue weighted by Gasteiger charge is 2.36. The van der Waals surface area contributed by atoms with Crippen LogP contribution in [0.25, 0.3) is 16.9 Å². The molecule has 9 nitrogen and oxygen atoms in total. The first-order valence-corrected chi connectivity index (χ1v) is 10.1. The highest BCUT2D eigenvalue weighted by molar-refractivity contribution is 5.98. The van der Waals surface area contributed by atoms with Gasteiger partial charge in [-0.1, -0.05) is 6.92 Å². The van der Waals surface area contributed by atoms with Gasteiger partial charge in [0.25, 0.3) is 0 Å². The maximum absolute atomic E-state index is 14.2. The smallest absolute Gasteiger partial charge is 0.422 e. The van der Waals surface area contributed by atoms with Crippen LogP contribution in [0, 0.1) is 17.7 Å². The first kappa shape index (κ1) is 23.1. The van der Waals surface area contributed by atoms with Gasteiger partial charge in [-0.25, -0.2) is 19.0 Å². The van der Waals surface area contributed by atoms with Crippen LogP contribution in [0.5, 0.6) is 5.75 Å². The standard InChI is InChI=1S/C21H18F4N6O3/c1-11-16(8-28-19(11)32)20(33)29-18-5-17(31(30-18)14-6-26-10-27-7-14)12-2-13(22)4-15(3-12)34-9-21(23,24)25/h2-7,10-11,16H,8-9H2,1H3,(H,28,32)(H,29,30,33)/t11-,16?/m1/s1. The minimum absolute atomic E-state index is 0.0809. The Hall–Kier alpha value is -4.03. The SMILES string of the molecule is C[C@H]1C(=O)NCC1C(=O)Nc1cc(-c2cc(F)cc(OCC(F)(F)F)c2)n(-c2cncnc2)n1. The minimum Gasteiger partial charge on any atom is -0.484 e. The fourth-order valence-corrected chi connectivity index (χ4v) is 3.47. The van der Waals surface area contributed by atoms with E-state index >= 15 is 0 Å². The number of aromatic nitrogens is 4. The number of carbonyl (C=O) groups is 2. The van der Waals surface area contributed by atoms with E-state index in [1.807, 2.05) is 0 Å². The zero-order chi connectivity index (χ0) is 24.5. The molecule has 2 atom stereocenters. The van der Waals surface area contributed by atoms with E-state index in [-0.39, 0.29) is 35.3 Å². The predicted molar refractivity (Wildman–Crippen MR) is 110 cm³/mol. The summed E-state index contributed by atoms with van der Waals surface area (Å²) in [6.07, 6.45) is -0.485. The molecule has 1 saturated heterocycles. The molecule has 1 fully saturated rings. The fourth-order valence-electron chi connectivity index (χ4n) is 3.47. The third-order valence-corrected chi connectivity index (χ3v) is 5.17. The highest BCUT2D eigenvalue weighted by atomic mass is 19.4. The van der Waals surface area contributed by atoms with Crippen LogP contribution in [0.15, 0.2) is 43.0 Å². The Balaban J connectivity index is 1.69. The normalized spacial score (nSPS) is 18.0. The van der Waals surface area contributed by atoms with Crippen molar-refractivity contribution in [2.45, 2.75) is 13.1 Å². The number of alkyl halides is 3. The molecule has 1 unspecified atom stereocenters. The van der Waals surface area contributed by atoms with Gasteiger partial charge >= 0.3 is 6.18 Å². The first-order valence-electron chi connectivity index (χ1n) is 10.1. The van der Waals surface area contributed by atoms with E-state index in [0.29, 0.717) is 5.69 Å². The summed E-state index contributed by atoms with van der Waals surface area (Å²) in [6, 6.07) is 4.56. The molecular weight excluding hydrogens is 460 g/mol. The molecule has 13 heteroatoms. The van der Waals surface area contributed by atoms with Gasteiger partial charge in [0.1, 0.15) is 23.6 Å². The molecule has 4 rings (SSSR count). The van der Waals surface area contributed by atoms with Gasteiger partial charge in [0.2, 0.25) is 11.8 Å². The van der Waals surface area contributed by atoms with Crippen molar-refractivity contribution in [3.8, 4) is 22.7 Å². The maximum Gasteiger partial charge on any atom is 0.422 e. The molecule has 0 saturated carbocycles. The summed E-state index contributed by atoms with van der Waals surface area (Å²) in [7, 11) is 0. The summed E-state index contributed by atoms with van der Waals surface area (Å²) < 4.78 is 57.9. The Morgan fingerprint density at radius 3 is 2.62 bits per heavy atom. The van der Waals surface area contributed by atoms with Crippen molar-refractivity contribution in [1.29, 1.82) is 0 Å². The molecule has 0 spiro atoms. The van der Waals surface area contributed by atoms with E-state index in [9.17, 15) is 27.2 Å². The summed E-state index contributed by atoms with van der Waals surface area (Å²) in [4.78, 5) is 32.2. The monoisotopic (exact) mass is 478 g/mol. The number of nitrogens with one attached hydrogen (secondary N) is 2. The van der Waals surface area contributed by atoms with Crippen LogP contribution in [-0.2, 0) is 9.59 Å². The minimum atomic E-state index is -4.60. The largest absolute Gasteiger partial charge is 0.484 e. The van der Waals surface area contributed by atoms with E-state index in [0.717, 1.165) is 12.1 Å². The number of nitrogens with zero attached hydrogens (tertiary/aromatic N) is 4. The summed E-state index contributed by atoms with van der Waals surface area (Å²) in [5, 5.41) is 9.56. The summed E-state index contributed by atoms with van der Waals surface area (Å²) in [6.45, 7) is 0.220. The lowest BCUT2D eigenvalue weighted by atomic mass is 9.97. The Bertz CT molecular complexity index is 1210. The van der Waals surface area contributed by atoms with Crippen molar-refractivity contribution in [3.63, 3.8) is 0 Å². The topological polar surface area (TPSA) is 111 Å². The lowest BCUT2D eigenvalue weighted by Gasteiger charge is -2.11. The number of rotatable bonds is 6. The maximum atomic E-state index is 14.2. The Morgan fingerprint density at radius 2 is 1.97 bits per heavy atom. The van der Waals surface area contributed by atoms with Crippen LogP contribution in [0.4, 0.5) is 23.4 Å². The van der Waals surface area contributed by atoms with Crippen LogP contribution in [0.3, 0.4) is 0 Å². The second-order valence-electron chi connectivity index (χ2n) is 7.63. The molecule has 34 heavy (non-hydrogen) atoms. The van der Waals surface area contributed by atoms with Crippen LogP contribution >= 0.6 is 0 Å². The van der Waals surface area contributed by atoms with Gasteiger partial charge in [-0.15, -0.1) is 5.10 Å². The van der Waals surface area contributed by atoms with Crippen molar-refractivity contribution in [2.24, 2.45) is 11.8 Å². The van der Waals surface area contributed by atoms with Crippen molar-refractivity contribution in [3.05, 3.63) is 48.8 Å². The molecule has 0 aliphatic carbocycles. The van der Waals surface area contributed by atoms with Crippen LogP contribution < -0.4 is 15.4 Å². The van der Waals surface area contributed by atoms with Crippen molar-refractivity contribution in [1.82, 2.24) is 25.1 Å². The van der Waals surface area contributed by atoms with Crippen molar-refractivity contribution in [2.75, 3.05) is 18.5 Å². The molecule has 3 aromatic rings. The van der Waals surface area contributed by atoms with Gasteiger partial charge in [-0.3, -0.25) is 9.59 Å². The summed E-state index contributed by atoms with van der Waals surface area (Å²) in [5.74, 6) is -2.91. The number of benzene rings is 1. The molecule has 2 aromatic heterocycles. The average molecular weight is 478 g/mol. The second kappa shape index (κ2) is 9.08. The Morgan fingerprint density at radius 1 is 1.24 bits per heavy atom. The van der Waals surface area contributed by atoms with Gasteiger partial charge in [-0.05, 0) is 12.1 Å². The molecule has 2 N–H and O–H groups in total. The number of halogens is 4. The zero-order valence-electron chi connectivity index (χ0n) is 17.6. The zero-order valence-corrected chi connectivity index (χ0v) is 17.6. The van der Waals surface area contributed by atoms with E-state index in [2.05, 4.69) is 25.7 Å². The molecule has 1 aromatic carbocycles. The van der Waals surface area contributed by atoms with E-state index < -0.39 is 36.3 Å². The van der Waals surface area contributed by atoms with Crippen molar-refractivity contribution >= 4 is 17.6 Å². The number of ether oxygens (including phenoxy) is 1. The van der Waals surface area contributed by atoms with Gasteiger partial charge < -0.3 is 15.4 Å². The van der Waals surface area contributed by atoms with E-state index in [1.165, 1.54) is 35.5 Å². The molecule has 1 aliphatic rings. The predicted octanol–water partition coefficient (Wildman–Crippen LogP) is 2.73. The number of amides is 2. The van der Waals surface area contributed by atoms with Gasteiger partial charge in [0, 0.05) is 30.2 Å². The highest BCUT2D eigenvalue weighted by Crippen LogP contribution is 2.31. The molecule has 1 aliphatic heterocycles. The first-order chi connectivity index (χ1) is 16.1. The van der Waals surface area contributed by atoms with Gasteiger partial charge in [0.05, 0.1) is 24.0 Å². The molecule has 3 heterocycles. The lowest BCUT2D eigenvalue weighted by Crippen LogP contribution is -2.28. The quantitative estimate of drug-likeness (QED) is 0.527. The third-order valence-electron chi connectivity index (χ3n) is 5.17. The summed E-state index contributed by atoms with van der Waals surface area (Å²) in [5.41, 5.74) is 0.723. The van der Waals surface area contributed by atoms with E-state index in [4.69, 9.17) is 4.74 Å². The molecule has 178 valence electrons.